The normalized spacial score (nSPS) is 18.2. The Kier molecular flexibility index (Phi) is 5.16. The molecule has 6 nitrogen and oxygen atoms in total. The molecule has 0 unspecified atom stereocenters. The lowest BCUT2D eigenvalue weighted by molar-refractivity contribution is -0.117. The highest BCUT2D eigenvalue weighted by molar-refractivity contribution is 6.30. The first-order chi connectivity index (χ1) is 13.1. The second kappa shape index (κ2) is 7.72. The summed E-state index contributed by atoms with van der Waals surface area (Å²) in [6.07, 6.45) is 7.72. The smallest absolute Gasteiger partial charge is 0.246 e. The number of fused-ring (bicyclic) bond motifs is 1. The van der Waals surface area contributed by atoms with Crippen LogP contribution in [-0.2, 0) is 11.3 Å². The highest BCUT2D eigenvalue weighted by Gasteiger charge is 2.28. The molecule has 2 aliphatic rings. The Morgan fingerprint density at radius 1 is 1.07 bits per heavy atom. The zero-order valence-electron chi connectivity index (χ0n) is 15.5. The van der Waals surface area contributed by atoms with Gasteiger partial charge in [-0.2, -0.15) is 0 Å². The topological polar surface area (TPSA) is 61.4 Å². The van der Waals surface area contributed by atoms with Crippen LogP contribution in [0.15, 0.2) is 30.6 Å². The predicted molar refractivity (Wildman–Crippen MR) is 108 cm³/mol. The summed E-state index contributed by atoms with van der Waals surface area (Å²) in [5, 5.41) is 4.27. The van der Waals surface area contributed by atoms with E-state index in [4.69, 9.17) is 11.6 Å². The quantitative estimate of drug-likeness (QED) is 0.869. The lowest BCUT2D eigenvalue weighted by Crippen LogP contribution is -2.35. The third-order valence-corrected chi connectivity index (χ3v) is 5.61. The molecule has 142 valence electrons. The number of amides is 1. The molecule has 1 aromatic heterocycles. The van der Waals surface area contributed by atoms with Crippen molar-refractivity contribution in [1.82, 2.24) is 9.97 Å². The SMILES string of the molecule is CN1CC(=O)N(c2ccc(Cl)cc2)Cc2c(NC3CCCCC3)ncnc21. The van der Waals surface area contributed by atoms with Gasteiger partial charge in [-0.3, -0.25) is 4.79 Å². The highest BCUT2D eigenvalue weighted by atomic mass is 35.5. The molecule has 0 radical (unpaired) electrons. The van der Waals surface area contributed by atoms with Gasteiger partial charge in [-0.05, 0) is 37.1 Å². The second-order valence-corrected chi connectivity index (χ2v) is 7.75. The third-order valence-electron chi connectivity index (χ3n) is 5.36. The Balaban J connectivity index is 1.68. The molecule has 27 heavy (non-hydrogen) atoms. The van der Waals surface area contributed by atoms with Crippen LogP contribution in [0.3, 0.4) is 0 Å². The molecule has 1 N–H and O–H groups in total. The fraction of sp³-hybridized carbons (Fsp3) is 0.450. The van der Waals surface area contributed by atoms with Gasteiger partial charge in [-0.1, -0.05) is 30.9 Å². The van der Waals surface area contributed by atoms with Gasteiger partial charge in [0.25, 0.3) is 0 Å². The van der Waals surface area contributed by atoms with Crippen LogP contribution in [0.4, 0.5) is 17.3 Å². The first kappa shape index (κ1) is 18.0. The summed E-state index contributed by atoms with van der Waals surface area (Å²) in [5.41, 5.74) is 1.80. The number of likely N-dealkylation sites (N-methyl/N-ethyl adjacent to an activating group) is 1. The van der Waals surface area contributed by atoms with E-state index in [-0.39, 0.29) is 12.5 Å². The summed E-state index contributed by atoms with van der Waals surface area (Å²) in [4.78, 5) is 25.5. The molecule has 1 amide bonds. The number of carbonyl (C=O) groups is 1. The summed E-state index contributed by atoms with van der Waals surface area (Å²) in [6.45, 7) is 0.714. The van der Waals surface area contributed by atoms with Gasteiger partial charge in [0, 0.05) is 23.8 Å². The highest BCUT2D eigenvalue weighted by Crippen LogP contribution is 2.32. The number of rotatable bonds is 3. The maximum atomic E-state index is 12.9. The average Bonchev–Trinajstić information content (AvgIpc) is 2.80. The van der Waals surface area contributed by atoms with Crippen LogP contribution in [0.2, 0.25) is 5.02 Å². The van der Waals surface area contributed by atoms with Crippen LogP contribution < -0.4 is 15.1 Å². The lowest BCUT2D eigenvalue weighted by Gasteiger charge is -2.26. The maximum absolute atomic E-state index is 12.9. The van der Waals surface area contributed by atoms with Gasteiger partial charge in [-0.15, -0.1) is 0 Å². The standard InChI is InChI=1S/C20H24ClN5O/c1-25-12-18(27)26(16-9-7-14(21)8-10-16)11-17-19(22-13-23-20(17)25)24-15-5-3-2-4-6-15/h7-10,13,15H,2-6,11-12H2,1H3,(H,22,23,24). The largest absolute Gasteiger partial charge is 0.367 e. The molecule has 1 aliphatic carbocycles. The number of anilines is 3. The Morgan fingerprint density at radius 3 is 2.56 bits per heavy atom. The summed E-state index contributed by atoms with van der Waals surface area (Å²) in [7, 11) is 1.90. The van der Waals surface area contributed by atoms with Crippen molar-refractivity contribution in [3.63, 3.8) is 0 Å². The third kappa shape index (κ3) is 3.86. The summed E-state index contributed by atoms with van der Waals surface area (Å²) >= 11 is 6.02. The van der Waals surface area contributed by atoms with Gasteiger partial charge in [0.15, 0.2) is 0 Å². The number of nitrogens with one attached hydrogen (secondary N) is 1. The van der Waals surface area contributed by atoms with Crippen molar-refractivity contribution in [2.24, 2.45) is 0 Å². The molecular weight excluding hydrogens is 362 g/mol. The van der Waals surface area contributed by atoms with Gasteiger partial charge in [0.2, 0.25) is 5.91 Å². The minimum absolute atomic E-state index is 0.0291. The molecule has 1 aliphatic heterocycles. The first-order valence-electron chi connectivity index (χ1n) is 9.49. The van der Waals surface area contributed by atoms with Crippen LogP contribution in [0.25, 0.3) is 0 Å². The van der Waals surface area contributed by atoms with Crippen LogP contribution in [0, 0.1) is 0 Å². The van der Waals surface area contributed by atoms with E-state index < -0.39 is 0 Å². The predicted octanol–water partition coefficient (Wildman–Crippen LogP) is 3.86. The zero-order valence-corrected chi connectivity index (χ0v) is 16.2. The molecule has 0 bridgehead atoms. The van der Waals surface area contributed by atoms with E-state index in [0.717, 1.165) is 35.7 Å². The van der Waals surface area contributed by atoms with Crippen molar-refractivity contribution < 1.29 is 4.79 Å². The molecule has 1 fully saturated rings. The van der Waals surface area contributed by atoms with E-state index >= 15 is 0 Å². The summed E-state index contributed by atoms with van der Waals surface area (Å²) in [6, 6.07) is 7.81. The molecule has 0 atom stereocenters. The molecular formula is C20H24ClN5O. The molecule has 2 aromatic rings. The van der Waals surface area contributed by atoms with Crippen molar-refractivity contribution >= 4 is 34.8 Å². The monoisotopic (exact) mass is 385 g/mol. The summed E-state index contributed by atoms with van der Waals surface area (Å²) < 4.78 is 0. The van der Waals surface area contributed by atoms with Gasteiger partial charge in [-0.25, -0.2) is 9.97 Å². The van der Waals surface area contributed by atoms with E-state index in [9.17, 15) is 4.79 Å². The van der Waals surface area contributed by atoms with Gasteiger partial charge < -0.3 is 15.1 Å². The number of nitrogens with zero attached hydrogens (tertiary/aromatic N) is 4. The lowest BCUT2D eigenvalue weighted by atomic mass is 9.95. The van der Waals surface area contributed by atoms with Crippen LogP contribution >= 0.6 is 11.6 Å². The van der Waals surface area contributed by atoms with Crippen LogP contribution in [0.5, 0.6) is 0 Å². The van der Waals surface area contributed by atoms with Crippen molar-refractivity contribution in [2.45, 2.75) is 44.7 Å². The second-order valence-electron chi connectivity index (χ2n) is 7.32. The fourth-order valence-corrected chi connectivity index (χ4v) is 4.03. The molecule has 2 heterocycles. The number of aromatic nitrogens is 2. The maximum Gasteiger partial charge on any atom is 0.246 e. The first-order valence-corrected chi connectivity index (χ1v) is 9.87. The fourth-order valence-electron chi connectivity index (χ4n) is 3.91. The number of benzene rings is 1. The summed E-state index contributed by atoms with van der Waals surface area (Å²) in [5.74, 6) is 1.68. The van der Waals surface area contributed by atoms with Gasteiger partial charge >= 0.3 is 0 Å². The minimum atomic E-state index is 0.0291. The van der Waals surface area contributed by atoms with Crippen LogP contribution in [0.1, 0.15) is 37.7 Å². The number of hydrogen-bond donors (Lipinski definition) is 1. The van der Waals surface area contributed by atoms with Crippen molar-refractivity contribution in [3.8, 4) is 0 Å². The molecule has 4 rings (SSSR count). The molecule has 1 aromatic carbocycles. The Bertz CT molecular complexity index is 820. The van der Waals surface area contributed by atoms with E-state index in [1.54, 1.807) is 11.2 Å². The van der Waals surface area contributed by atoms with Gasteiger partial charge in [0.1, 0.15) is 18.0 Å². The van der Waals surface area contributed by atoms with Crippen LogP contribution in [-0.4, -0.2) is 35.5 Å². The molecule has 0 spiro atoms. The zero-order chi connectivity index (χ0) is 18.8. The Morgan fingerprint density at radius 2 is 1.81 bits per heavy atom. The Labute approximate surface area is 164 Å². The Hall–Kier alpha value is -2.34. The molecule has 0 saturated heterocycles. The number of halogens is 1. The van der Waals surface area contributed by atoms with Crippen molar-refractivity contribution in [3.05, 3.63) is 41.2 Å². The van der Waals surface area contributed by atoms with E-state index in [2.05, 4.69) is 15.3 Å². The number of carbonyl (C=O) groups excluding carboxylic acids is 1. The number of hydrogen-bond acceptors (Lipinski definition) is 5. The van der Waals surface area contributed by atoms with Gasteiger partial charge in [0.05, 0.1) is 18.7 Å². The molecule has 1 saturated carbocycles. The van der Waals surface area contributed by atoms with Crippen molar-refractivity contribution in [2.75, 3.05) is 28.7 Å². The van der Waals surface area contributed by atoms with E-state index in [1.165, 1.54) is 19.3 Å². The van der Waals surface area contributed by atoms with E-state index in [1.807, 2.05) is 36.2 Å². The van der Waals surface area contributed by atoms with Crippen molar-refractivity contribution in [1.29, 1.82) is 0 Å². The van der Waals surface area contributed by atoms with E-state index in [0.29, 0.717) is 17.6 Å². The average molecular weight is 386 g/mol. The minimum Gasteiger partial charge on any atom is -0.367 e. The molecule has 7 heteroatoms.